The molecule has 6 nitrogen and oxygen atoms in total. The number of fused-ring (bicyclic) bond motifs is 1. The molecule has 3 heterocycles. The van der Waals surface area contributed by atoms with E-state index in [4.69, 9.17) is 17.3 Å². The lowest BCUT2D eigenvalue weighted by Gasteiger charge is -2.36. The number of halogens is 1. The van der Waals surface area contributed by atoms with Crippen LogP contribution in [-0.4, -0.2) is 53.0 Å². The number of aromatic nitrogens is 2. The molecular weight excluding hydrogens is 418 g/mol. The molecule has 1 unspecified atom stereocenters. The molecule has 1 aromatic carbocycles. The summed E-state index contributed by atoms with van der Waals surface area (Å²) in [7, 11) is 0. The lowest BCUT2D eigenvalue weighted by molar-refractivity contribution is -0.132. The summed E-state index contributed by atoms with van der Waals surface area (Å²) in [5.41, 5.74) is 8.11. The van der Waals surface area contributed by atoms with Gasteiger partial charge in [0.2, 0.25) is 5.91 Å². The van der Waals surface area contributed by atoms with Crippen molar-refractivity contribution in [1.29, 1.82) is 0 Å². The molecule has 3 aromatic rings. The molecule has 1 aliphatic heterocycles. The third-order valence-electron chi connectivity index (χ3n) is 5.12. The molecule has 1 fully saturated rings. The summed E-state index contributed by atoms with van der Waals surface area (Å²) in [5.74, 6) is 6.91. The molecule has 154 valence electrons. The first-order valence-corrected chi connectivity index (χ1v) is 11.0. The van der Waals surface area contributed by atoms with Crippen LogP contribution in [0.2, 0.25) is 5.02 Å². The minimum Gasteiger partial charge on any atom is -0.352 e. The molecule has 1 amide bonds. The molecule has 0 aliphatic carbocycles. The highest BCUT2D eigenvalue weighted by atomic mass is 35.5. The second-order valence-electron chi connectivity index (χ2n) is 7.15. The molecule has 2 N–H and O–H groups in total. The number of nitrogens with two attached hydrogens (primary N) is 1. The maximum Gasteiger partial charge on any atom is 0.239 e. The molecule has 8 heteroatoms. The topological polar surface area (TPSA) is 75.4 Å². The van der Waals surface area contributed by atoms with Crippen LogP contribution in [0, 0.1) is 11.8 Å². The Morgan fingerprint density at radius 3 is 2.67 bits per heavy atom. The van der Waals surface area contributed by atoms with Crippen LogP contribution >= 0.6 is 22.9 Å². The number of thiophene rings is 1. The zero-order valence-electron chi connectivity index (χ0n) is 16.6. The summed E-state index contributed by atoms with van der Waals surface area (Å²) in [4.78, 5) is 26.7. The molecule has 0 bridgehead atoms. The number of hydrogen-bond acceptors (Lipinski definition) is 6. The van der Waals surface area contributed by atoms with Crippen LogP contribution in [0.4, 0.5) is 5.82 Å². The predicted octanol–water partition coefficient (Wildman–Crippen LogP) is 2.93. The van der Waals surface area contributed by atoms with Gasteiger partial charge in [-0.25, -0.2) is 9.97 Å². The second kappa shape index (κ2) is 9.00. The number of piperazine rings is 1. The molecule has 0 radical (unpaired) electrons. The zero-order valence-corrected chi connectivity index (χ0v) is 18.2. The van der Waals surface area contributed by atoms with Gasteiger partial charge in [0.25, 0.3) is 0 Å². The monoisotopic (exact) mass is 439 g/mol. The number of carbonyl (C=O) groups is 1. The fourth-order valence-corrected chi connectivity index (χ4v) is 4.75. The number of hydrogen-bond donors (Lipinski definition) is 1. The second-order valence-corrected chi connectivity index (χ2v) is 8.64. The van der Waals surface area contributed by atoms with E-state index in [9.17, 15) is 4.79 Å². The summed E-state index contributed by atoms with van der Waals surface area (Å²) >= 11 is 7.53. The van der Waals surface area contributed by atoms with Crippen molar-refractivity contribution in [1.82, 2.24) is 14.9 Å². The van der Waals surface area contributed by atoms with E-state index < -0.39 is 6.04 Å². The van der Waals surface area contributed by atoms with Crippen LogP contribution in [-0.2, 0) is 11.2 Å². The first kappa shape index (κ1) is 20.6. The molecule has 0 spiro atoms. The van der Waals surface area contributed by atoms with Crippen LogP contribution in [0.5, 0.6) is 0 Å². The number of benzene rings is 1. The van der Waals surface area contributed by atoms with Gasteiger partial charge in [0.1, 0.15) is 12.1 Å². The van der Waals surface area contributed by atoms with Gasteiger partial charge in [-0.15, -0.1) is 17.3 Å². The molecule has 0 saturated carbocycles. The molecular formula is C22H22ClN5OS. The third-order valence-corrected chi connectivity index (χ3v) is 6.41. The average Bonchev–Trinajstić information content (AvgIpc) is 3.18. The SMILES string of the molecule is CC#Cc1cc2ncnc(N3CCN(C(=O)C(N)Cc4ccc(Cl)cc4)CC3)c2s1. The average molecular weight is 440 g/mol. The lowest BCUT2D eigenvalue weighted by Crippen LogP contribution is -2.53. The third kappa shape index (κ3) is 4.41. The normalized spacial score (nSPS) is 15.0. The number of rotatable bonds is 4. The van der Waals surface area contributed by atoms with Crippen LogP contribution < -0.4 is 10.6 Å². The fraction of sp³-hybridized carbons (Fsp3) is 0.318. The van der Waals surface area contributed by atoms with Gasteiger partial charge in [-0.05, 0) is 37.1 Å². The molecule has 30 heavy (non-hydrogen) atoms. The van der Waals surface area contributed by atoms with Crippen molar-refractivity contribution in [3.05, 3.63) is 52.1 Å². The Kier molecular flexibility index (Phi) is 6.18. The Labute approximate surface area is 184 Å². The van der Waals surface area contributed by atoms with Crippen LogP contribution in [0.1, 0.15) is 17.4 Å². The highest BCUT2D eigenvalue weighted by Gasteiger charge is 2.27. The van der Waals surface area contributed by atoms with Crippen molar-refractivity contribution in [2.45, 2.75) is 19.4 Å². The number of anilines is 1. The molecule has 1 aliphatic rings. The van der Waals surface area contributed by atoms with E-state index in [1.54, 1.807) is 17.7 Å². The number of carbonyl (C=O) groups excluding carboxylic acids is 1. The highest BCUT2D eigenvalue weighted by Crippen LogP contribution is 2.31. The van der Waals surface area contributed by atoms with Crippen molar-refractivity contribution in [3.8, 4) is 11.8 Å². The minimum atomic E-state index is -0.559. The Morgan fingerprint density at radius 1 is 1.23 bits per heavy atom. The number of amides is 1. The highest BCUT2D eigenvalue weighted by molar-refractivity contribution is 7.20. The smallest absolute Gasteiger partial charge is 0.239 e. The standard InChI is InChI=1S/C22H22ClN5OS/c1-2-3-17-13-19-20(30-17)21(26-14-25-19)27-8-10-28(11-9-27)22(29)18(24)12-15-4-6-16(23)7-5-15/h4-7,13-14,18H,8-12,24H2,1H3. The van der Waals surface area contributed by atoms with Crippen molar-refractivity contribution in [2.24, 2.45) is 5.73 Å². The first-order chi connectivity index (χ1) is 14.5. The van der Waals surface area contributed by atoms with E-state index in [-0.39, 0.29) is 5.91 Å². The van der Waals surface area contributed by atoms with Crippen LogP contribution in [0.15, 0.2) is 36.7 Å². The van der Waals surface area contributed by atoms with E-state index in [0.717, 1.165) is 26.5 Å². The van der Waals surface area contributed by atoms with E-state index in [1.165, 1.54) is 0 Å². The summed E-state index contributed by atoms with van der Waals surface area (Å²) in [6.45, 7) is 4.47. The van der Waals surface area contributed by atoms with Crippen molar-refractivity contribution in [2.75, 3.05) is 31.1 Å². The first-order valence-electron chi connectivity index (χ1n) is 9.76. The van der Waals surface area contributed by atoms with E-state index >= 15 is 0 Å². The Hall–Kier alpha value is -2.66. The molecule has 2 aromatic heterocycles. The van der Waals surface area contributed by atoms with Crippen LogP contribution in [0.25, 0.3) is 10.2 Å². The van der Waals surface area contributed by atoms with Gasteiger partial charge in [0.05, 0.1) is 21.1 Å². The minimum absolute atomic E-state index is 0.0194. The maximum atomic E-state index is 12.8. The van der Waals surface area contributed by atoms with Crippen molar-refractivity contribution < 1.29 is 4.79 Å². The fourth-order valence-electron chi connectivity index (χ4n) is 3.59. The predicted molar refractivity (Wildman–Crippen MR) is 122 cm³/mol. The summed E-state index contributed by atoms with van der Waals surface area (Å²) in [6, 6.07) is 8.89. The Morgan fingerprint density at radius 2 is 1.97 bits per heavy atom. The lowest BCUT2D eigenvalue weighted by atomic mass is 10.1. The van der Waals surface area contributed by atoms with E-state index in [2.05, 4.69) is 26.7 Å². The summed E-state index contributed by atoms with van der Waals surface area (Å²) < 4.78 is 1.04. The van der Waals surface area contributed by atoms with Gasteiger partial charge >= 0.3 is 0 Å². The summed E-state index contributed by atoms with van der Waals surface area (Å²) in [5, 5.41) is 0.674. The van der Waals surface area contributed by atoms with Gasteiger partial charge in [0.15, 0.2) is 0 Å². The molecule has 1 saturated heterocycles. The molecule has 4 rings (SSSR count). The van der Waals surface area contributed by atoms with E-state index in [0.29, 0.717) is 37.6 Å². The Bertz CT molecular complexity index is 1110. The van der Waals surface area contributed by atoms with Gasteiger partial charge in [0, 0.05) is 31.2 Å². The van der Waals surface area contributed by atoms with Gasteiger partial charge in [-0.1, -0.05) is 29.7 Å². The largest absolute Gasteiger partial charge is 0.352 e. The maximum absolute atomic E-state index is 12.8. The Balaban J connectivity index is 1.41. The van der Waals surface area contributed by atoms with E-state index in [1.807, 2.05) is 42.2 Å². The summed E-state index contributed by atoms with van der Waals surface area (Å²) in [6.07, 6.45) is 2.09. The van der Waals surface area contributed by atoms with Crippen molar-refractivity contribution in [3.63, 3.8) is 0 Å². The van der Waals surface area contributed by atoms with Crippen LogP contribution in [0.3, 0.4) is 0 Å². The molecule has 1 atom stereocenters. The zero-order chi connectivity index (χ0) is 21.1. The van der Waals surface area contributed by atoms with Gasteiger partial charge in [-0.2, -0.15) is 0 Å². The van der Waals surface area contributed by atoms with Crippen molar-refractivity contribution >= 4 is 44.9 Å². The quantitative estimate of drug-likeness (QED) is 0.632. The number of nitrogens with zero attached hydrogens (tertiary/aromatic N) is 4. The van der Waals surface area contributed by atoms with Gasteiger partial charge in [-0.3, -0.25) is 4.79 Å². The van der Waals surface area contributed by atoms with Gasteiger partial charge < -0.3 is 15.5 Å².